The molecule has 0 bridgehead atoms. The average molecular weight is 325 g/mol. The molecule has 2 rings (SSSR count). The van der Waals surface area contributed by atoms with Crippen molar-refractivity contribution in [3.05, 3.63) is 34.2 Å². The summed E-state index contributed by atoms with van der Waals surface area (Å²) in [6.07, 6.45) is 1.00. The lowest BCUT2D eigenvalue weighted by Gasteiger charge is -2.13. The largest absolute Gasteiger partial charge is 0.382 e. The Balaban J connectivity index is 2.14. The number of hydrogen-bond donors (Lipinski definition) is 2. The molecule has 0 spiro atoms. The van der Waals surface area contributed by atoms with E-state index in [0.29, 0.717) is 15.6 Å². The number of halogens is 1. The van der Waals surface area contributed by atoms with Crippen LogP contribution in [-0.4, -0.2) is 24.5 Å². The number of carbonyl (C=O) groups is 1. The van der Waals surface area contributed by atoms with E-state index in [1.165, 1.54) is 11.3 Å². The first-order valence-electron chi connectivity index (χ1n) is 6.55. The molecule has 0 unspecified atom stereocenters. The molecule has 0 radical (unpaired) electrons. The number of nitrogen functional groups attached to an aromatic ring is 1. The van der Waals surface area contributed by atoms with Gasteiger partial charge in [-0.2, -0.15) is 0 Å². The van der Waals surface area contributed by atoms with Crippen LogP contribution in [0.4, 0.5) is 16.6 Å². The molecule has 0 saturated heterocycles. The Labute approximate surface area is 132 Å². The molecule has 0 atom stereocenters. The smallest absolute Gasteiger partial charge is 0.269 e. The molecule has 5 nitrogen and oxygen atoms in total. The van der Waals surface area contributed by atoms with Crippen LogP contribution in [0.2, 0.25) is 5.02 Å². The number of thiazole rings is 1. The summed E-state index contributed by atoms with van der Waals surface area (Å²) < 4.78 is 0. The van der Waals surface area contributed by atoms with Gasteiger partial charge in [0.15, 0.2) is 5.13 Å². The quantitative estimate of drug-likeness (QED) is 0.883. The van der Waals surface area contributed by atoms with Gasteiger partial charge in [0, 0.05) is 24.3 Å². The predicted molar refractivity (Wildman–Crippen MR) is 89.5 cm³/mol. The monoisotopic (exact) mass is 324 g/mol. The van der Waals surface area contributed by atoms with Gasteiger partial charge >= 0.3 is 0 Å². The van der Waals surface area contributed by atoms with Crippen molar-refractivity contribution in [2.45, 2.75) is 13.3 Å². The Bertz CT molecular complexity index is 626. The van der Waals surface area contributed by atoms with E-state index in [1.807, 2.05) is 11.9 Å². The number of nitrogens with one attached hydrogen (secondary N) is 1. The summed E-state index contributed by atoms with van der Waals surface area (Å²) in [4.78, 5) is 18.9. The molecule has 1 aromatic carbocycles. The summed E-state index contributed by atoms with van der Waals surface area (Å²) in [7, 11) is 1.93. The van der Waals surface area contributed by atoms with Gasteiger partial charge in [-0.3, -0.25) is 4.79 Å². The summed E-state index contributed by atoms with van der Waals surface area (Å²) in [5.41, 5.74) is 6.51. The van der Waals surface area contributed by atoms with Gasteiger partial charge in [0.05, 0.1) is 0 Å². The maximum Gasteiger partial charge on any atom is 0.269 e. The van der Waals surface area contributed by atoms with Crippen molar-refractivity contribution >= 4 is 45.5 Å². The highest BCUT2D eigenvalue weighted by Gasteiger charge is 2.18. The maximum atomic E-state index is 12.2. The lowest BCUT2D eigenvalue weighted by atomic mass is 10.3. The van der Waals surface area contributed by atoms with E-state index in [2.05, 4.69) is 17.2 Å². The second kappa shape index (κ2) is 6.78. The number of anilines is 3. The number of nitrogens with two attached hydrogens (primary N) is 1. The SMILES string of the molecule is CCCN(C)c1nc(N)c(C(=O)Nc2ccc(Cl)cc2)s1. The van der Waals surface area contributed by atoms with Crippen LogP contribution in [0.5, 0.6) is 0 Å². The zero-order valence-corrected chi connectivity index (χ0v) is 13.5. The fourth-order valence-electron chi connectivity index (χ4n) is 1.80. The molecule has 3 N–H and O–H groups in total. The molecule has 1 aromatic heterocycles. The van der Waals surface area contributed by atoms with E-state index < -0.39 is 0 Å². The van der Waals surface area contributed by atoms with Crippen molar-refractivity contribution in [1.82, 2.24) is 4.98 Å². The van der Waals surface area contributed by atoms with Gasteiger partial charge in [-0.05, 0) is 30.7 Å². The molecule has 2 aromatic rings. The van der Waals surface area contributed by atoms with Crippen LogP contribution in [0.15, 0.2) is 24.3 Å². The Kier molecular flexibility index (Phi) is 5.03. The minimum absolute atomic E-state index is 0.254. The van der Waals surface area contributed by atoms with Crippen molar-refractivity contribution < 1.29 is 4.79 Å². The van der Waals surface area contributed by atoms with Crippen molar-refractivity contribution in [3.8, 4) is 0 Å². The first-order valence-corrected chi connectivity index (χ1v) is 7.75. The molecule has 0 aliphatic rings. The maximum absolute atomic E-state index is 12.2. The first kappa shape index (κ1) is 15.6. The van der Waals surface area contributed by atoms with Gasteiger partial charge in [-0.1, -0.05) is 29.9 Å². The summed E-state index contributed by atoms with van der Waals surface area (Å²) in [5.74, 6) is -0.00659. The molecular weight excluding hydrogens is 308 g/mol. The van der Waals surface area contributed by atoms with Crippen molar-refractivity contribution in [2.24, 2.45) is 0 Å². The van der Waals surface area contributed by atoms with Gasteiger partial charge < -0.3 is 16.0 Å². The Morgan fingerprint density at radius 3 is 2.71 bits per heavy atom. The third-order valence-corrected chi connectivity index (χ3v) is 4.27. The highest BCUT2D eigenvalue weighted by Crippen LogP contribution is 2.28. The topological polar surface area (TPSA) is 71.2 Å². The number of aromatic nitrogens is 1. The number of carbonyl (C=O) groups excluding carboxylic acids is 1. The van der Waals surface area contributed by atoms with Gasteiger partial charge in [0.1, 0.15) is 10.7 Å². The molecule has 1 amide bonds. The third kappa shape index (κ3) is 3.86. The Morgan fingerprint density at radius 2 is 2.10 bits per heavy atom. The van der Waals surface area contributed by atoms with Crippen LogP contribution in [-0.2, 0) is 0 Å². The second-order valence-corrected chi connectivity index (χ2v) is 6.01. The number of benzene rings is 1. The first-order chi connectivity index (χ1) is 10.0. The Hall–Kier alpha value is -1.79. The van der Waals surface area contributed by atoms with E-state index in [9.17, 15) is 4.79 Å². The number of hydrogen-bond acceptors (Lipinski definition) is 5. The highest BCUT2D eigenvalue weighted by molar-refractivity contribution is 7.18. The molecule has 1 heterocycles. The fourth-order valence-corrected chi connectivity index (χ4v) is 2.79. The van der Waals surface area contributed by atoms with Gasteiger partial charge in [-0.25, -0.2) is 4.98 Å². The zero-order valence-electron chi connectivity index (χ0n) is 11.9. The highest BCUT2D eigenvalue weighted by atomic mass is 35.5. The lowest BCUT2D eigenvalue weighted by Crippen LogP contribution is -2.17. The lowest BCUT2D eigenvalue weighted by molar-refractivity contribution is 0.103. The van der Waals surface area contributed by atoms with Crippen LogP contribution in [0.25, 0.3) is 0 Å². The zero-order chi connectivity index (χ0) is 15.4. The molecule has 0 aliphatic carbocycles. The van der Waals surface area contributed by atoms with E-state index in [4.69, 9.17) is 17.3 Å². The minimum Gasteiger partial charge on any atom is -0.382 e. The van der Waals surface area contributed by atoms with Crippen LogP contribution in [0.1, 0.15) is 23.0 Å². The van der Waals surface area contributed by atoms with Crippen LogP contribution in [0.3, 0.4) is 0 Å². The van der Waals surface area contributed by atoms with Crippen LogP contribution < -0.4 is 16.0 Å². The average Bonchev–Trinajstić information content (AvgIpc) is 2.84. The number of amides is 1. The normalized spacial score (nSPS) is 10.4. The Morgan fingerprint density at radius 1 is 1.43 bits per heavy atom. The van der Waals surface area contributed by atoms with Gasteiger partial charge in [0.2, 0.25) is 0 Å². The van der Waals surface area contributed by atoms with Crippen molar-refractivity contribution in [3.63, 3.8) is 0 Å². The summed E-state index contributed by atoms with van der Waals surface area (Å²) >= 11 is 7.10. The number of rotatable bonds is 5. The second-order valence-electron chi connectivity index (χ2n) is 4.59. The molecular formula is C14H17ClN4OS. The van der Waals surface area contributed by atoms with E-state index in [1.54, 1.807) is 24.3 Å². The van der Waals surface area contributed by atoms with E-state index >= 15 is 0 Å². The van der Waals surface area contributed by atoms with Crippen LogP contribution >= 0.6 is 22.9 Å². The van der Waals surface area contributed by atoms with Crippen molar-refractivity contribution in [2.75, 3.05) is 29.5 Å². The molecule has 21 heavy (non-hydrogen) atoms. The molecule has 112 valence electrons. The fraction of sp³-hybridized carbons (Fsp3) is 0.286. The summed E-state index contributed by atoms with van der Waals surface area (Å²) in [6.45, 7) is 2.95. The van der Waals surface area contributed by atoms with Crippen molar-refractivity contribution in [1.29, 1.82) is 0 Å². The van der Waals surface area contributed by atoms with Gasteiger partial charge in [0.25, 0.3) is 5.91 Å². The minimum atomic E-state index is -0.261. The molecule has 0 saturated carbocycles. The summed E-state index contributed by atoms with van der Waals surface area (Å²) in [5, 5.41) is 4.15. The van der Waals surface area contributed by atoms with Gasteiger partial charge in [-0.15, -0.1) is 0 Å². The standard InChI is InChI=1S/C14H17ClN4OS/c1-3-8-19(2)14-18-12(16)11(21-14)13(20)17-10-6-4-9(15)5-7-10/h4-7H,3,8,16H2,1-2H3,(H,17,20). The van der Waals surface area contributed by atoms with E-state index in [-0.39, 0.29) is 11.7 Å². The summed E-state index contributed by atoms with van der Waals surface area (Å²) in [6, 6.07) is 6.91. The van der Waals surface area contributed by atoms with E-state index in [0.717, 1.165) is 18.1 Å². The molecule has 0 aliphatic heterocycles. The van der Waals surface area contributed by atoms with Crippen LogP contribution in [0, 0.1) is 0 Å². The number of nitrogens with zero attached hydrogens (tertiary/aromatic N) is 2. The molecule has 0 fully saturated rings. The molecule has 7 heteroatoms. The predicted octanol–water partition coefficient (Wildman–Crippen LogP) is 3.48. The third-order valence-electron chi connectivity index (χ3n) is 2.84.